The van der Waals surface area contributed by atoms with Crippen molar-refractivity contribution in [2.24, 2.45) is 0 Å². The molecule has 0 fully saturated rings. The number of hydrogen-bond donors (Lipinski definition) is 0. The molecule has 0 atom stereocenters. The minimum absolute atomic E-state index is 0. The van der Waals surface area contributed by atoms with Crippen molar-refractivity contribution in [2.45, 2.75) is 4.90 Å². The molecule has 0 aliphatic heterocycles. The number of fused-ring (bicyclic) bond motifs is 1. The molecule has 0 bridgehead atoms. The van der Waals surface area contributed by atoms with E-state index in [0.717, 1.165) is 11.6 Å². The van der Waals surface area contributed by atoms with Crippen molar-refractivity contribution >= 4 is 50.4 Å². The molecule has 5 heteroatoms. The molecular formula is C12H10NaO3S. The van der Waals surface area contributed by atoms with E-state index in [1.807, 2.05) is 18.2 Å². The van der Waals surface area contributed by atoms with Gasteiger partial charge in [-0.25, -0.2) is 0 Å². The van der Waals surface area contributed by atoms with Gasteiger partial charge < -0.3 is 4.18 Å². The Morgan fingerprint density at radius 1 is 1.06 bits per heavy atom. The fraction of sp³-hybridized carbons (Fsp3) is 0. The second-order valence-corrected chi connectivity index (χ2v) is 4.73. The monoisotopic (exact) mass is 257 g/mol. The molecule has 0 aromatic heterocycles. The molecule has 17 heavy (non-hydrogen) atoms. The van der Waals surface area contributed by atoms with E-state index in [0.29, 0.717) is 5.39 Å². The molecule has 0 saturated heterocycles. The Balaban J connectivity index is 0.00000144. The number of rotatable bonds is 3. The van der Waals surface area contributed by atoms with Crippen LogP contribution in [0.4, 0.5) is 0 Å². The summed E-state index contributed by atoms with van der Waals surface area (Å²) >= 11 is 0. The first-order valence-electron chi connectivity index (χ1n) is 4.67. The molecule has 0 unspecified atom stereocenters. The first-order valence-corrected chi connectivity index (χ1v) is 6.08. The van der Waals surface area contributed by atoms with E-state index in [9.17, 15) is 8.42 Å². The smallest absolute Gasteiger partial charge is 0.339 e. The summed E-state index contributed by atoms with van der Waals surface area (Å²) in [6.45, 7) is 3.25. The van der Waals surface area contributed by atoms with E-state index in [1.165, 1.54) is 6.07 Å². The molecule has 0 amide bonds. The molecule has 83 valence electrons. The van der Waals surface area contributed by atoms with E-state index in [1.54, 1.807) is 18.2 Å². The fourth-order valence-corrected chi connectivity index (χ4v) is 2.54. The van der Waals surface area contributed by atoms with E-state index >= 15 is 0 Å². The molecule has 0 aliphatic rings. The van der Waals surface area contributed by atoms with Gasteiger partial charge in [-0.05, 0) is 11.5 Å². The Labute approximate surface area is 123 Å². The Hall–Kier alpha value is -0.810. The van der Waals surface area contributed by atoms with Gasteiger partial charge in [0.05, 0.1) is 6.26 Å². The normalized spacial score (nSPS) is 10.6. The third-order valence-corrected chi connectivity index (χ3v) is 3.50. The minimum Gasteiger partial charge on any atom is -0.388 e. The van der Waals surface area contributed by atoms with Gasteiger partial charge in [0.2, 0.25) is 0 Å². The van der Waals surface area contributed by atoms with Gasteiger partial charge in [-0.3, -0.25) is 0 Å². The van der Waals surface area contributed by atoms with Crippen LogP contribution >= 0.6 is 0 Å². The van der Waals surface area contributed by atoms with Gasteiger partial charge in [0.1, 0.15) is 4.90 Å². The topological polar surface area (TPSA) is 43.4 Å². The molecule has 0 heterocycles. The number of benzene rings is 2. The van der Waals surface area contributed by atoms with Crippen LogP contribution in [0.5, 0.6) is 0 Å². The van der Waals surface area contributed by atoms with Gasteiger partial charge >= 0.3 is 10.1 Å². The quantitative estimate of drug-likeness (QED) is 0.481. The van der Waals surface area contributed by atoms with E-state index in [2.05, 4.69) is 10.8 Å². The van der Waals surface area contributed by atoms with Gasteiger partial charge in [-0.2, -0.15) is 8.42 Å². The number of hydrogen-bond acceptors (Lipinski definition) is 3. The predicted octanol–water partition coefficient (Wildman–Crippen LogP) is 2.31. The Kier molecular flexibility index (Phi) is 4.77. The van der Waals surface area contributed by atoms with Gasteiger partial charge in [-0.15, -0.1) is 0 Å². The predicted molar refractivity (Wildman–Crippen MR) is 68.2 cm³/mol. The van der Waals surface area contributed by atoms with Crippen molar-refractivity contribution in [1.29, 1.82) is 0 Å². The molecule has 2 aromatic carbocycles. The van der Waals surface area contributed by atoms with Crippen molar-refractivity contribution in [3.05, 3.63) is 55.3 Å². The van der Waals surface area contributed by atoms with Crippen molar-refractivity contribution in [3.8, 4) is 0 Å². The Bertz CT molecular complexity index is 630. The second kappa shape index (κ2) is 5.69. The van der Waals surface area contributed by atoms with Gasteiger partial charge in [0.25, 0.3) is 0 Å². The zero-order valence-corrected chi connectivity index (χ0v) is 12.3. The summed E-state index contributed by atoms with van der Waals surface area (Å²) in [5.74, 6) is 0. The van der Waals surface area contributed by atoms with E-state index < -0.39 is 10.1 Å². The average molecular weight is 257 g/mol. The summed E-state index contributed by atoms with van der Waals surface area (Å²) in [4.78, 5) is 0.158. The standard InChI is InChI=1S/C12H10O3S.Na/c1-2-15-16(13,14)12-9-5-7-10-6-3-4-8-11(10)12;/h2-9H,1H2;. The van der Waals surface area contributed by atoms with E-state index in [-0.39, 0.29) is 34.5 Å². The van der Waals surface area contributed by atoms with E-state index in [4.69, 9.17) is 0 Å². The van der Waals surface area contributed by atoms with Crippen LogP contribution in [0.1, 0.15) is 0 Å². The van der Waals surface area contributed by atoms with Gasteiger partial charge in [0, 0.05) is 34.9 Å². The molecule has 0 saturated carbocycles. The minimum atomic E-state index is -3.75. The molecule has 0 spiro atoms. The Morgan fingerprint density at radius 3 is 2.41 bits per heavy atom. The second-order valence-electron chi connectivity index (χ2n) is 3.19. The van der Waals surface area contributed by atoms with Crippen LogP contribution in [-0.4, -0.2) is 38.0 Å². The van der Waals surface area contributed by atoms with Crippen LogP contribution in [0.15, 0.2) is 60.2 Å². The maximum atomic E-state index is 11.8. The fourth-order valence-electron chi connectivity index (χ4n) is 1.56. The van der Waals surface area contributed by atoms with Crippen LogP contribution in [0.3, 0.4) is 0 Å². The molecule has 0 aliphatic carbocycles. The Morgan fingerprint density at radius 2 is 1.71 bits per heavy atom. The molecule has 1 radical (unpaired) electrons. The third-order valence-electron chi connectivity index (χ3n) is 2.21. The summed E-state index contributed by atoms with van der Waals surface area (Å²) in [6.07, 6.45) is 0.914. The summed E-state index contributed by atoms with van der Waals surface area (Å²) in [5, 5.41) is 1.50. The molecule has 0 N–H and O–H groups in total. The van der Waals surface area contributed by atoms with Crippen molar-refractivity contribution in [2.75, 3.05) is 0 Å². The summed E-state index contributed by atoms with van der Waals surface area (Å²) in [7, 11) is -3.75. The molecular weight excluding hydrogens is 247 g/mol. The van der Waals surface area contributed by atoms with Crippen LogP contribution in [0, 0.1) is 0 Å². The van der Waals surface area contributed by atoms with Crippen molar-refractivity contribution in [1.82, 2.24) is 0 Å². The maximum Gasteiger partial charge on any atom is 0.339 e. The molecule has 3 nitrogen and oxygen atoms in total. The van der Waals surface area contributed by atoms with Crippen LogP contribution < -0.4 is 0 Å². The average Bonchev–Trinajstić information content (AvgIpc) is 2.28. The van der Waals surface area contributed by atoms with Gasteiger partial charge in [0.15, 0.2) is 0 Å². The molecule has 2 rings (SSSR count). The summed E-state index contributed by atoms with van der Waals surface area (Å²) < 4.78 is 28.1. The summed E-state index contributed by atoms with van der Waals surface area (Å²) in [6, 6.07) is 12.3. The van der Waals surface area contributed by atoms with Crippen LogP contribution in [-0.2, 0) is 14.3 Å². The van der Waals surface area contributed by atoms with Crippen molar-refractivity contribution in [3.63, 3.8) is 0 Å². The largest absolute Gasteiger partial charge is 0.388 e. The van der Waals surface area contributed by atoms with Crippen LogP contribution in [0.25, 0.3) is 10.8 Å². The maximum absolute atomic E-state index is 11.8. The first-order chi connectivity index (χ1) is 7.65. The first kappa shape index (κ1) is 14.3. The molecule has 2 aromatic rings. The van der Waals surface area contributed by atoms with Crippen molar-refractivity contribution < 1.29 is 12.6 Å². The SMILES string of the molecule is C=COS(=O)(=O)c1cccc2ccccc12.[Na]. The van der Waals surface area contributed by atoms with Gasteiger partial charge in [-0.1, -0.05) is 43.0 Å². The zero-order chi connectivity index (χ0) is 11.6. The summed E-state index contributed by atoms with van der Waals surface area (Å²) in [5.41, 5.74) is 0. The van der Waals surface area contributed by atoms with Crippen LogP contribution in [0.2, 0.25) is 0 Å². The third kappa shape index (κ3) is 2.90. The zero-order valence-electron chi connectivity index (χ0n) is 9.46.